The Balaban J connectivity index is 1.59. The second-order valence-electron chi connectivity index (χ2n) is 6.91. The largest absolute Gasteiger partial charge is 0.383 e. The maximum atomic E-state index is 13.2. The first-order chi connectivity index (χ1) is 13.5. The minimum Gasteiger partial charge on any atom is -0.383 e. The highest BCUT2D eigenvalue weighted by atomic mass is 35.5. The molecule has 1 aromatic heterocycles. The number of nitrogens with zero attached hydrogens (tertiary/aromatic N) is 2. The molecule has 3 heterocycles. The molecule has 28 heavy (non-hydrogen) atoms. The first kappa shape index (κ1) is 18.6. The van der Waals surface area contributed by atoms with Gasteiger partial charge in [0.05, 0.1) is 12.1 Å². The number of methoxy groups -OCH3 is 1. The fourth-order valence-electron chi connectivity index (χ4n) is 3.43. The summed E-state index contributed by atoms with van der Waals surface area (Å²) in [5, 5.41) is 13.3. The molecule has 9 nitrogen and oxygen atoms in total. The van der Waals surface area contributed by atoms with E-state index in [-0.39, 0.29) is 11.9 Å². The van der Waals surface area contributed by atoms with Gasteiger partial charge < -0.3 is 30.1 Å². The van der Waals surface area contributed by atoms with Crippen molar-refractivity contribution in [3.63, 3.8) is 0 Å². The summed E-state index contributed by atoms with van der Waals surface area (Å²) in [6, 6.07) is 6.80. The standard InChI is InChI=1S/C18H20ClN5O4/c1-27-7-6-20-15-13(14(28-23-15)11-2-4-12(19)5-3-11)16(25)24-9-18(10-24)8-21-17(26)22-18/h2-5H,6-10H2,1H3,(H,20,23)(H2,21,22,26). The van der Waals surface area contributed by atoms with E-state index in [1.807, 2.05) is 0 Å². The number of likely N-dealkylation sites (tertiary alicyclic amines) is 1. The van der Waals surface area contributed by atoms with Crippen molar-refractivity contribution in [3.8, 4) is 11.3 Å². The molecule has 0 unspecified atom stereocenters. The summed E-state index contributed by atoms with van der Waals surface area (Å²) in [5.41, 5.74) is 0.658. The molecular weight excluding hydrogens is 386 g/mol. The van der Waals surface area contributed by atoms with E-state index in [4.69, 9.17) is 20.9 Å². The summed E-state index contributed by atoms with van der Waals surface area (Å²) >= 11 is 5.97. The highest BCUT2D eigenvalue weighted by Crippen LogP contribution is 2.34. The Morgan fingerprint density at radius 1 is 1.39 bits per heavy atom. The first-order valence-electron chi connectivity index (χ1n) is 8.85. The van der Waals surface area contributed by atoms with Crippen molar-refractivity contribution < 1.29 is 18.8 Å². The third-order valence-electron chi connectivity index (χ3n) is 4.85. The number of amides is 3. The lowest BCUT2D eigenvalue weighted by atomic mass is 9.90. The minimum atomic E-state index is -0.395. The van der Waals surface area contributed by atoms with Gasteiger partial charge in [0.1, 0.15) is 5.56 Å². The summed E-state index contributed by atoms with van der Waals surface area (Å²) in [6.07, 6.45) is 0. The zero-order valence-electron chi connectivity index (χ0n) is 15.3. The molecule has 2 aliphatic heterocycles. The molecule has 2 saturated heterocycles. The van der Waals surface area contributed by atoms with Gasteiger partial charge in [-0.15, -0.1) is 0 Å². The van der Waals surface area contributed by atoms with Gasteiger partial charge >= 0.3 is 6.03 Å². The quantitative estimate of drug-likeness (QED) is 0.629. The number of hydrogen-bond donors (Lipinski definition) is 3. The van der Waals surface area contributed by atoms with Crippen molar-refractivity contribution in [3.05, 3.63) is 34.9 Å². The number of nitrogens with one attached hydrogen (secondary N) is 3. The Kier molecular flexibility index (Phi) is 4.86. The highest BCUT2D eigenvalue weighted by molar-refractivity contribution is 6.30. The lowest BCUT2D eigenvalue weighted by Gasteiger charge is -2.46. The molecule has 3 amide bonds. The van der Waals surface area contributed by atoms with Crippen LogP contribution in [0.25, 0.3) is 11.3 Å². The molecule has 2 aliphatic rings. The SMILES string of the molecule is COCCNc1noc(-c2ccc(Cl)cc2)c1C(=O)N1CC2(CNC(=O)N2)C1. The Hall–Kier alpha value is -2.78. The van der Waals surface area contributed by atoms with E-state index in [1.54, 1.807) is 36.3 Å². The van der Waals surface area contributed by atoms with E-state index in [0.717, 1.165) is 0 Å². The minimum absolute atomic E-state index is 0.208. The topological polar surface area (TPSA) is 109 Å². The Labute approximate surface area is 166 Å². The molecule has 10 heteroatoms. The lowest BCUT2D eigenvalue weighted by Crippen LogP contribution is -2.70. The van der Waals surface area contributed by atoms with Crippen LogP contribution in [0.2, 0.25) is 5.02 Å². The van der Waals surface area contributed by atoms with Crippen molar-refractivity contribution >= 4 is 29.4 Å². The van der Waals surface area contributed by atoms with Crippen molar-refractivity contribution in [2.75, 3.05) is 45.2 Å². The van der Waals surface area contributed by atoms with Crippen LogP contribution < -0.4 is 16.0 Å². The third-order valence-corrected chi connectivity index (χ3v) is 5.10. The molecule has 2 fully saturated rings. The molecule has 0 aliphatic carbocycles. The van der Waals surface area contributed by atoms with Crippen molar-refractivity contribution in [1.82, 2.24) is 20.7 Å². The second-order valence-corrected chi connectivity index (χ2v) is 7.35. The maximum Gasteiger partial charge on any atom is 0.315 e. The Morgan fingerprint density at radius 3 is 2.79 bits per heavy atom. The Bertz CT molecular complexity index is 892. The van der Waals surface area contributed by atoms with E-state index in [9.17, 15) is 9.59 Å². The number of benzene rings is 1. The molecule has 0 atom stereocenters. The van der Waals surface area contributed by atoms with Gasteiger partial charge in [0.2, 0.25) is 0 Å². The molecule has 1 spiro atoms. The van der Waals surface area contributed by atoms with Crippen molar-refractivity contribution in [1.29, 1.82) is 0 Å². The van der Waals surface area contributed by atoms with Crippen molar-refractivity contribution in [2.24, 2.45) is 0 Å². The molecule has 2 aromatic rings. The fourth-order valence-corrected chi connectivity index (χ4v) is 3.56. The van der Waals surface area contributed by atoms with Gasteiger partial charge in [0.25, 0.3) is 5.91 Å². The zero-order valence-corrected chi connectivity index (χ0v) is 16.0. The van der Waals surface area contributed by atoms with Crippen LogP contribution in [0.4, 0.5) is 10.6 Å². The van der Waals surface area contributed by atoms with E-state index in [1.165, 1.54) is 0 Å². The van der Waals surface area contributed by atoms with Gasteiger partial charge in [0.15, 0.2) is 11.6 Å². The molecule has 4 rings (SSSR count). The Morgan fingerprint density at radius 2 is 2.14 bits per heavy atom. The summed E-state index contributed by atoms with van der Waals surface area (Å²) < 4.78 is 10.5. The third kappa shape index (κ3) is 3.38. The summed E-state index contributed by atoms with van der Waals surface area (Å²) in [5.74, 6) is 0.524. The summed E-state index contributed by atoms with van der Waals surface area (Å²) in [4.78, 5) is 26.3. The van der Waals surface area contributed by atoms with E-state index in [2.05, 4.69) is 21.1 Å². The summed E-state index contributed by atoms with van der Waals surface area (Å²) in [6.45, 7) is 2.29. The molecule has 148 valence electrons. The van der Waals surface area contributed by atoms with Gasteiger partial charge in [-0.1, -0.05) is 16.8 Å². The van der Waals surface area contributed by atoms with Gasteiger partial charge in [-0.05, 0) is 24.3 Å². The van der Waals surface area contributed by atoms with E-state index in [0.29, 0.717) is 60.5 Å². The number of rotatable bonds is 6. The fraction of sp³-hybridized carbons (Fsp3) is 0.389. The van der Waals surface area contributed by atoms with Crippen LogP contribution in [-0.4, -0.2) is 67.4 Å². The molecule has 1 aromatic carbocycles. The number of urea groups is 1. The number of carbonyl (C=O) groups excluding carboxylic acids is 2. The molecule has 0 radical (unpaired) electrons. The van der Waals surface area contributed by atoms with Crippen LogP contribution in [0, 0.1) is 0 Å². The van der Waals surface area contributed by atoms with E-state index < -0.39 is 5.54 Å². The first-order valence-corrected chi connectivity index (χ1v) is 9.23. The smallest absolute Gasteiger partial charge is 0.315 e. The van der Waals surface area contributed by atoms with Gasteiger partial charge in [-0.3, -0.25) is 4.79 Å². The highest BCUT2D eigenvalue weighted by Gasteiger charge is 2.50. The second kappa shape index (κ2) is 7.33. The number of aromatic nitrogens is 1. The maximum absolute atomic E-state index is 13.2. The van der Waals surface area contributed by atoms with Gasteiger partial charge in [-0.2, -0.15) is 0 Å². The van der Waals surface area contributed by atoms with Crippen LogP contribution in [0.3, 0.4) is 0 Å². The predicted molar refractivity (Wildman–Crippen MR) is 102 cm³/mol. The monoisotopic (exact) mass is 405 g/mol. The lowest BCUT2D eigenvalue weighted by molar-refractivity contribution is 0.0398. The van der Waals surface area contributed by atoms with Crippen LogP contribution in [0.5, 0.6) is 0 Å². The van der Waals surface area contributed by atoms with Crippen LogP contribution in [0.15, 0.2) is 28.8 Å². The number of anilines is 1. The van der Waals surface area contributed by atoms with Gasteiger partial charge in [-0.25, -0.2) is 4.79 Å². The predicted octanol–water partition coefficient (Wildman–Crippen LogP) is 1.56. The number of halogens is 1. The van der Waals surface area contributed by atoms with Crippen molar-refractivity contribution in [2.45, 2.75) is 5.54 Å². The van der Waals surface area contributed by atoms with Crippen LogP contribution in [0.1, 0.15) is 10.4 Å². The molecule has 0 bridgehead atoms. The van der Waals surface area contributed by atoms with Gasteiger partial charge in [0, 0.05) is 43.9 Å². The zero-order chi connectivity index (χ0) is 19.7. The molecule has 0 saturated carbocycles. The van der Waals surface area contributed by atoms with Crippen LogP contribution in [-0.2, 0) is 4.74 Å². The molecule has 3 N–H and O–H groups in total. The number of ether oxygens (including phenoxy) is 1. The van der Waals surface area contributed by atoms with Crippen LogP contribution >= 0.6 is 11.6 Å². The summed E-state index contributed by atoms with van der Waals surface area (Å²) in [7, 11) is 1.60. The number of hydrogen-bond acceptors (Lipinski definition) is 6. The van der Waals surface area contributed by atoms with E-state index >= 15 is 0 Å². The normalized spacial score (nSPS) is 17.2. The number of carbonyl (C=O) groups is 2. The average Bonchev–Trinajstić information content (AvgIpc) is 3.25. The average molecular weight is 406 g/mol. The molecular formula is C18H20ClN5O4.